The first kappa shape index (κ1) is 32.5. The first-order valence-electron chi connectivity index (χ1n) is 15.4. The number of ketones is 1. The Bertz CT molecular complexity index is 947. The predicted octanol–water partition coefficient (Wildman–Crippen LogP) is 5.55. The Morgan fingerprint density at radius 2 is 1.82 bits per heavy atom. The average molecular weight is 561 g/mol. The number of carbonyl (C=O) groups is 2. The normalized spacial score (nSPS) is 22.0. The Labute approximate surface area is 241 Å². The van der Waals surface area contributed by atoms with E-state index in [1.165, 1.54) is 0 Å². The number of aromatic nitrogens is 1. The number of carbonyl (C=O) groups excluding carboxylic acids is 2. The van der Waals surface area contributed by atoms with Gasteiger partial charge >= 0.3 is 0 Å². The van der Waals surface area contributed by atoms with Gasteiger partial charge in [-0.2, -0.15) is 0 Å². The number of nitrogens with zero attached hydrogens (tertiary/aromatic N) is 2. The SMILES string of the molecule is CCOC[C@H](CC(=O)[C@@H]1CCC[C@H](C(=O)N(c2cc(OCCCOC)c(C(C)C)cn2)C2CC2)[C@@H]1O)CC(C)C. The van der Waals surface area contributed by atoms with E-state index in [0.29, 0.717) is 57.4 Å². The van der Waals surface area contributed by atoms with Gasteiger partial charge in [-0.25, -0.2) is 4.98 Å². The summed E-state index contributed by atoms with van der Waals surface area (Å²) in [6.07, 6.45) is 6.64. The zero-order valence-electron chi connectivity index (χ0n) is 25.6. The second-order valence-corrected chi connectivity index (χ2v) is 12.3. The Kier molecular flexibility index (Phi) is 12.9. The summed E-state index contributed by atoms with van der Waals surface area (Å²) < 4.78 is 16.9. The fourth-order valence-electron chi connectivity index (χ4n) is 5.90. The van der Waals surface area contributed by atoms with Gasteiger partial charge in [0.25, 0.3) is 0 Å². The number of aliphatic hydroxyl groups excluding tert-OH is 1. The van der Waals surface area contributed by atoms with E-state index >= 15 is 0 Å². The number of anilines is 1. The fourth-order valence-corrected chi connectivity index (χ4v) is 5.90. The van der Waals surface area contributed by atoms with Crippen LogP contribution in [0, 0.1) is 23.7 Å². The molecule has 2 fully saturated rings. The first-order valence-corrected chi connectivity index (χ1v) is 15.4. The quantitative estimate of drug-likeness (QED) is 0.249. The van der Waals surface area contributed by atoms with Crippen molar-refractivity contribution in [3.8, 4) is 5.75 Å². The monoisotopic (exact) mass is 560 g/mol. The maximum atomic E-state index is 14.0. The van der Waals surface area contributed by atoms with Crippen LogP contribution >= 0.6 is 0 Å². The highest BCUT2D eigenvalue weighted by molar-refractivity contribution is 5.96. The highest BCUT2D eigenvalue weighted by atomic mass is 16.5. The highest BCUT2D eigenvalue weighted by Gasteiger charge is 2.45. The van der Waals surface area contributed by atoms with E-state index in [2.05, 4.69) is 27.7 Å². The van der Waals surface area contributed by atoms with Crippen molar-refractivity contribution in [2.45, 2.75) is 104 Å². The smallest absolute Gasteiger partial charge is 0.234 e. The number of amides is 1. The molecule has 226 valence electrons. The van der Waals surface area contributed by atoms with Crippen LogP contribution in [0.5, 0.6) is 5.75 Å². The van der Waals surface area contributed by atoms with Gasteiger partial charge in [-0.3, -0.25) is 14.5 Å². The van der Waals surface area contributed by atoms with Gasteiger partial charge < -0.3 is 19.3 Å². The van der Waals surface area contributed by atoms with Gasteiger partial charge in [0.1, 0.15) is 17.4 Å². The molecule has 0 unspecified atom stereocenters. The Morgan fingerprint density at radius 3 is 2.45 bits per heavy atom. The molecule has 2 aliphatic rings. The number of pyridine rings is 1. The lowest BCUT2D eigenvalue weighted by Gasteiger charge is -2.36. The average Bonchev–Trinajstić information content (AvgIpc) is 3.74. The summed E-state index contributed by atoms with van der Waals surface area (Å²) >= 11 is 0. The summed E-state index contributed by atoms with van der Waals surface area (Å²) in [5.41, 5.74) is 0.996. The lowest BCUT2D eigenvalue weighted by Crippen LogP contribution is -2.48. The minimum atomic E-state index is -0.985. The number of hydrogen-bond acceptors (Lipinski definition) is 7. The number of methoxy groups -OCH3 is 1. The second kappa shape index (κ2) is 15.8. The topological polar surface area (TPSA) is 98.2 Å². The number of rotatable bonds is 17. The van der Waals surface area contributed by atoms with Gasteiger partial charge in [-0.15, -0.1) is 0 Å². The Morgan fingerprint density at radius 1 is 1.10 bits per heavy atom. The zero-order chi connectivity index (χ0) is 29.2. The summed E-state index contributed by atoms with van der Waals surface area (Å²) in [7, 11) is 1.67. The van der Waals surface area contributed by atoms with E-state index in [0.717, 1.165) is 43.4 Å². The Hall–Kier alpha value is -2.03. The molecule has 40 heavy (non-hydrogen) atoms. The van der Waals surface area contributed by atoms with Crippen LogP contribution in [0.4, 0.5) is 5.82 Å². The van der Waals surface area contributed by atoms with Crippen molar-refractivity contribution in [2.24, 2.45) is 23.7 Å². The van der Waals surface area contributed by atoms with E-state index in [9.17, 15) is 14.7 Å². The third-order valence-corrected chi connectivity index (χ3v) is 8.09. The van der Waals surface area contributed by atoms with Crippen LogP contribution < -0.4 is 9.64 Å². The van der Waals surface area contributed by atoms with Crippen molar-refractivity contribution in [3.05, 3.63) is 17.8 Å². The van der Waals surface area contributed by atoms with E-state index < -0.39 is 17.9 Å². The molecule has 0 aliphatic heterocycles. The maximum Gasteiger partial charge on any atom is 0.234 e. The molecule has 8 heteroatoms. The third-order valence-electron chi connectivity index (χ3n) is 8.09. The van der Waals surface area contributed by atoms with Crippen LogP contribution in [-0.2, 0) is 19.1 Å². The lowest BCUT2D eigenvalue weighted by molar-refractivity contribution is -0.137. The van der Waals surface area contributed by atoms with Crippen molar-refractivity contribution in [2.75, 3.05) is 38.4 Å². The highest BCUT2D eigenvalue weighted by Crippen LogP contribution is 2.39. The van der Waals surface area contributed by atoms with E-state index in [1.807, 2.05) is 19.2 Å². The van der Waals surface area contributed by atoms with Crippen molar-refractivity contribution < 1.29 is 28.9 Å². The molecule has 8 nitrogen and oxygen atoms in total. The molecule has 1 N–H and O–H groups in total. The van der Waals surface area contributed by atoms with Crippen LogP contribution in [0.25, 0.3) is 0 Å². The lowest BCUT2D eigenvalue weighted by atomic mass is 9.74. The summed E-state index contributed by atoms with van der Waals surface area (Å²) in [5, 5.41) is 11.4. The molecule has 3 rings (SSSR count). The minimum Gasteiger partial charge on any atom is -0.493 e. The van der Waals surface area contributed by atoms with E-state index in [4.69, 9.17) is 19.2 Å². The number of hydrogen-bond donors (Lipinski definition) is 1. The van der Waals surface area contributed by atoms with Gasteiger partial charge in [0.15, 0.2) is 0 Å². The molecule has 0 bridgehead atoms. The molecule has 1 amide bonds. The molecular weight excluding hydrogens is 508 g/mol. The summed E-state index contributed by atoms with van der Waals surface area (Å²) in [6.45, 7) is 12.8. The first-order chi connectivity index (χ1) is 19.2. The molecule has 1 heterocycles. The summed E-state index contributed by atoms with van der Waals surface area (Å²) in [6, 6.07) is 1.94. The van der Waals surface area contributed by atoms with Crippen LogP contribution in [0.1, 0.15) is 97.5 Å². The minimum absolute atomic E-state index is 0.0551. The largest absolute Gasteiger partial charge is 0.493 e. The molecule has 2 saturated carbocycles. The molecule has 0 spiro atoms. The van der Waals surface area contributed by atoms with Gasteiger partial charge in [-0.1, -0.05) is 34.1 Å². The molecule has 0 radical (unpaired) electrons. The van der Waals surface area contributed by atoms with Gasteiger partial charge in [-0.05, 0) is 56.8 Å². The Balaban J connectivity index is 1.77. The fraction of sp³-hybridized carbons (Fsp3) is 0.781. The molecule has 0 saturated heterocycles. The predicted molar refractivity (Wildman–Crippen MR) is 157 cm³/mol. The third kappa shape index (κ3) is 8.98. The molecule has 4 atom stereocenters. The van der Waals surface area contributed by atoms with Gasteiger partial charge in [0.05, 0.1) is 18.6 Å². The van der Waals surface area contributed by atoms with Crippen molar-refractivity contribution >= 4 is 17.5 Å². The van der Waals surface area contributed by atoms with Crippen LogP contribution in [-0.4, -0.2) is 67.5 Å². The van der Waals surface area contributed by atoms with E-state index in [-0.39, 0.29) is 29.6 Å². The summed E-state index contributed by atoms with van der Waals surface area (Å²) in [5.74, 6) is 0.898. The molecule has 1 aromatic heterocycles. The maximum absolute atomic E-state index is 14.0. The van der Waals surface area contributed by atoms with Crippen LogP contribution in [0.2, 0.25) is 0 Å². The molecule has 1 aromatic rings. The van der Waals surface area contributed by atoms with Gasteiger partial charge in [0, 0.05) is 69.6 Å². The van der Waals surface area contributed by atoms with E-state index in [1.54, 1.807) is 12.0 Å². The number of ether oxygens (including phenoxy) is 3. The second-order valence-electron chi connectivity index (χ2n) is 12.3. The van der Waals surface area contributed by atoms with Crippen LogP contribution in [0.3, 0.4) is 0 Å². The number of aliphatic hydroxyl groups is 1. The van der Waals surface area contributed by atoms with Crippen molar-refractivity contribution in [1.82, 2.24) is 4.98 Å². The zero-order valence-corrected chi connectivity index (χ0v) is 25.6. The number of Topliss-reactive ketones (excluding diaryl/α,β-unsaturated/α-hetero) is 1. The standard InChI is InChI=1S/C32H52N2O6/c1-7-39-20-23(16-21(2)3)17-28(35)25-10-8-11-26(31(25)36)32(37)34(24-12-13-24)30-18-29(40-15-9-14-38-6)27(19-33-30)22(4)5/h18-19,21-26,31,36H,7-17,20H2,1-6H3/t23-,25-,26-,31+/m0/s1. The van der Waals surface area contributed by atoms with Crippen molar-refractivity contribution in [3.63, 3.8) is 0 Å². The molecule has 2 aliphatic carbocycles. The molecule has 0 aromatic carbocycles. The summed E-state index contributed by atoms with van der Waals surface area (Å²) in [4.78, 5) is 33.9. The van der Waals surface area contributed by atoms with Gasteiger partial charge in [0.2, 0.25) is 5.91 Å². The van der Waals surface area contributed by atoms with Crippen LogP contribution in [0.15, 0.2) is 12.3 Å². The van der Waals surface area contributed by atoms with Crippen molar-refractivity contribution in [1.29, 1.82) is 0 Å². The molecular formula is C32H52N2O6.